The van der Waals surface area contributed by atoms with E-state index >= 15 is 0 Å². The monoisotopic (exact) mass is 553 g/mol. The predicted molar refractivity (Wildman–Crippen MR) is 148 cm³/mol. The SMILES string of the molecule is CC[C@H]1OC(=O)[C@H](C)[C@@H](O)[C@H](C)[C@@H](O[C@@H]2O[C@H](C)C[C@H](N(C)C)[C@H]2O)[C@](C)(OC)C/C(C)=C2\O[C@@]1(C)C=C2C. The minimum atomic E-state index is -1.10. The second-order valence-electron chi connectivity index (χ2n) is 12.5. The third-order valence-electron chi connectivity index (χ3n) is 8.98. The Morgan fingerprint density at radius 1 is 1.13 bits per heavy atom. The molecule has 1 saturated heterocycles. The summed E-state index contributed by atoms with van der Waals surface area (Å²) in [6.07, 6.45) is -0.728. The molecule has 39 heavy (non-hydrogen) atoms. The fraction of sp³-hybridized carbons (Fsp3) is 0.833. The number of carbonyl (C=O) groups excluding carboxylic acids is 1. The number of nitrogens with zero attached hydrogens (tertiary/aromatic N) is 1. The molecule has 3 heterocycles. The molecule has 2 N–H and O–H groups in total. The van der Waals surface area contributed by atoms with Crippen LogP contribution in [-0.4, -0.2) is 96.3 Å². The topological polar surface area (TPSA) is 107 Å². The zero-order valence-corrected chi connectivity index (χ0v) is 25.7. The van der Waals surface area contributed by atoms with Crippen molar-refractivity contribution in [1.29, 1.82) is 0 Å². The van der Waals surface area contributed by atoms with Gasteiger partial charge in [0.25, 0.3) is 0 Å². The molecular weight excluding hydrogens is 502 g/mol. The van der Waals surface area contributed by atoms with Crippen LogP contribution in [-0.2, 0) is 28.5 Å². The maximum Gasteiger partial charge on any atom is 0.311 e. The third-order valence-corrected chi connectivity index (χ3v) is 8.98. The smallest absolute Gasteiger partial charge is 0.311 e. The number of carbonyl (C=O) groups is 1. The van der Waals surface area contributed by atoms with Gasteiger partial charge in [0.2, 0.25) is 0 Å². The van der Waals surface area contributed by atoms with E-state index in [1.165, 1.54) is 0 Å². The number of hydrogen-bond donors (Lipinski definition) is 2. The molecule has 3 aliphatic rings. The molecular formula is C30H51NO8. The van der Waals surface area contributed by atoms with Crippen LogP contribution in [0.3, 0.4) is 0 Å². The Labute approximate surface area is 234 Å². The second-order valence-corrected chi connectivity index (χ2v) is 12.5. The lowest BCUT2D eigenvalue weighted by molar-refractivity contribution is -0.300. The molecule has 11 atom stereocenters. The van der Waals surface area contributed by atoms with Gasteiger partial charge in [-0.15, -0.1) is 0 Å². The number of aliphatic hydroxyl groups is 2. The van der Waals surface area contributed by atoms with Gasteiger partial charge in [-0.05, 0) is 85.7 Å². The van der Waals surface area contributed by atoms with Gasteiger partial charge in [-0.3, -0.25) is 4.79 Å². The van der Waals surface area contributed by atoms with Crippen LogP contribution in [0.25, 0.3) is 0 Å². The highest BCUT2D eigenvalue weighted by molar-refractivity contribution is 5.73. The van der Waals surface area contributed by atoms with Gasteiger partial charge < -0.3 is 38.8 Å². The summed E-state index contributed by atoms with van der Waals surface area (Å²) in [5, 5.41) is 22.8. The van der Waals surface area contributed by atoms with E-state index in [4.69, 9.17) is 23.7 Å². The van der Waals surface area contributed by atoms with Crippen LogP contribution in [0.15, 0.2) is 23.0 Å². The first-order valence-electron chi connectivity index (χ1n) is 14.3. The fourth-order valence-corrected chi connectivity index (χ4v) is 6.55. The average molecular weight is 554 g/mol. The summed E-state index contributed by atoms with van der Waals surface area (Å²) in [6, 6.07) is -0.163. The van der Waals surface area contributed by atoms with Crippen molar-refractivity contribution in [3.05, 3.63) is 23.0 Å². The molecule has 3 aliphatic heterocycles. The lowest BCUT2D eigenvalue weighted by Crippen LogP contribution is -2.59. The van der Waals surface area contributed by atoms with E-state index in [2.05, 4.69) is 0 Å². The van der Waals surface area contributed by atoms with E-state index in [1.807, 2.05) is 73.5 Å². The molecule has 0 aliphatic carbocycles. The molecule has 0 aromatic carbocycles. The van der Waals surface area contributed by atoms with Crippen LogP contribution in [0.4, 0.5) is 0 Å². The average Bonchev–Trinajstić information content (AvgIpc) is 3.19. The Bertz CT molecular complexity index is 949. The van der Waals surface area contributed by atoms with E-state index in [0.29, 0.717) is 19.3 Å². The summed E-state index contributed by atoms with van der Waals surface area (Å²) in [4.78, 5) is 15.3. The van der Waals surface area contributed by atoms with Crippen LogP contribution in [0.2, 0.25) is 0 Å². The highest BCUT2D eigenvalue weighted by Crippen LogP contribution is 2.43. The van der Waals surface area contributed by atoms with Crippen molar-refractivity contribution in [3.8, 4) is 0 Å². The zero-order chi connectivity index (χ0) is 29.4. The normalized spacial score (nSPS) is 46.1. The van der Waals surface area contributed by atoms with Crippen LogP contribution in [0, 0.1) is 11.8 Å². The van der Waals surface area contributed by atoms with Gasteiger partial charge in [-0.2, -0.15) is 0 Å². The quantitative estimate of drug-likeness (QED) is 0.494. The predicted octanol–water partition coefficient (Wildman–Crippen LogP) is 3.57. The molecule has 1 fully saturated rings. The van der Waals surface area contributed by atoms with Crippen LogP contribution >= 0.6 is 0 Å². The second kappa shape index (κ2) is 12.2. The van der Waals surface area contributed by atoms with Crippen LogP contribution in [0.5, 0.6) is 0 Å². The van der Waals surface area contributed by atoms with E-state index < -0.39 is 59.7 Å². The summed E-state index contributed by atoms with van der Waals surface area (Å²) in [5.74, 6) is -1.17. The number of esters is 1. The Kier molecular flexibility index (Phi) is 9.99. The first-order chi connectivity index (χ1) is 18.1. The number of aliphatic hydroxyl groups excluding tert-OH is 2. The van der Waals surface area contributed by atoms with Crippen molar-refractivity contribution >= 4 is 5.97 Å². The summed E-state index contributed by atoms with van der Waals surface area (Å²) in [5.41, 5.74) is 0.128. The van der Waals surface area contributed by atoms with Gasteiger partial charge in [0, 0.05) is 25.5 Å². The van der Waals surface area contributed by atoms with Crippen LogP contribution < -0.4 is 0 Å². The number of likely N-dealkylation sites (N-methyl/N-ethyl adjacent to an activating group) is 1. The maximum atomic E-state index is 13.3. The van der Waals surface area contributed by atoms with Crippen LogP contribution in [0.1, 0.15) is 74.7 Å². The summed E-state index contributed by atoms with van der Waals surface area (Å²) in [6.45, 7) is 15.3. The largest absolute Gasteiger partial charge is 0.479 e. The minimum absolute atomic E-state index is 0.143. The molecule has 0 aromatic rings. The summed E-state index contributed by atoms with van der Waals surface area (Å²) in [7, 11) is 5.46. The van der Waals surface area contributed by atoms with Crippen molar-refractivity contribution < 1.29 is 38.7 Å². The molecule has 3 rings (SSSR count). The molecule has 0 unspecified atom stereocenters. The lowest BCUT2D eigenvalue weighted by Gasteiger charge is -2.47. The highest BCUT2D eigenvalue weighted by Gasteiger charge is 2.50. The number of cyclic esters (lactones) is 1. The van der Waals surface area contributed by atoms with E-state index in [-0.39, 0.29) is 12.1 Å². The minimum Gasteiger partial charge on any atom is -0.479 e. The standard InChI is InChI=1S/C30H51NO8/c1-12-22-29(7)14-16(2)25(39-29)17(3)15-30(8,35-11)26(19(5)23(32)20(6)27(34)37-22)38-28-24(33)21(31(9)10)13-18(4)36-28/h14,18-24,26,28,32-33H,12-13,15H2,1-11H3/b25-17-/t18-,19+,20-,21+,22-,23+,24-,26-,28+,29+,30-/m1/s1. The summed E-state index contributed by atoms with van der Waals surface area (Å²) < 4.78 is 31.3. The number of hydrogen-bond acceptors (Lipinski definition) is 9. The molecule has 0 amide bonds. The zero-order valence-electron chi connectivity index (χ0n) is 25.7. The molecule has 9 nitrogen and oxygen atoms in total. The molecule has 2 bridgehead atoms. The van der Waals surface area contributed by atoms with E-state index in [1.54, 1.807) is 14.0 Å². The molecule has 224 valence electrons. The molecule has 0 aromatic heterocycles. The Morgan fingerprint density at radius 2 is 1.77 bits per heavy atom. The fourth-order valence-electron chi connectivity index (χ4n) is 6.55. The highest BCUT2D eigenvalue weighted by atomic mass is 16.7. The first kappa shape index (κ1) is 32.0. The molecule has 0 radical (unpaired) electrons. The maximum absolute atomic E-state index is 13.3. The Balaban J connectivity index is 2.10. The lowest BCUT2D eigenvalue weighted by atomic mass is 9.78. The molecule has 0 spiro atoms. The van der Waals surface area contributed by atoms with Gasteiger partial charge in [0.05, 0.1) is 29.8 Å². The van der Waals surface area contributed by atoms with Gasteiger partial charge in [0.15, 0.2) is 11.9 Å². The van der Waals surface area contributed by atoms with Crippen molar-refractivity contribution in [2.75, 3.05) is 21.2 Å². The van der Waals surface area contributed by atoms with E-state index in [0.717, 1.165) is 16.9 Å². The van der Waals surface area contributed by atoms with Crippen molar-refractivity contribution in [2.24, 2.45) is 11.8 Å². The number of ether oxygens (including phenoxy) is 5. The molecule has 9 heteroatoms. The van der Waals surface area contributed by atoms with Gasteiger partial charge in [-0.1, -0.05) is 13.8 Å². The number of fused-ring (bicyclic) bond motifs is 2. The van der Waals surface area contributed by atoms with E-state index in [9.17, 15) is 15.0 Å². The molecule has 0 saturated carbocycles. The first-order valence-corrected chi connectivity index (χ1v) is 14.3. The van der Waals surface area contributed by atoms with Gasteiger partial charge in [-0.25, -0.2) is 0 Å². The van der Waals surface area contributed by atoms with Crippen molar-refractivity contribution in [2.45, 2.75) is 129 Å². The van der Waals surface area contributed by atoms with Crippen molar-refractivity contribution in [1.82, 2.24) is 4.90 Å². The summed E-state index contributed by atoms with van der Waals surface area (Å²) >= 11 is 0. The Hall–Kier alpha value is -1.49. The number of rotatable bonds is 5. The number of allylic oxidation sites excluding steroid dienone is 1. The third kappa shape index (κ3) is 6.39. The Morgan fingerprint density at radius 3 is 2.33 bits per heavy atom. The van der Waals surface area contributed by atoms with Crippen molar-refractivity contribution in [3.63, 3.8) is 0 Å². The number of methoxy groups -OCH3 is 1. The van der Waals surface area contributed by atoms with Gasteiger partial charge in [0.1, 0.15) is 18.0 Å². The van der Waals surface area contributed by atoms with Gasteiger partial charge >= 0.3 is 5.97 Å².